The summed E-state index contributed by atoms with van der Waals surface area (Å²) in [7, 11) is 0. The number of ketones is 1. The number of hydrogen-bond donors (Lipinski definition) is 1. The van der Waals surface area contributed by atoms with Crippen LogP contribution in [0.15, 0.2) is 12.1 Å². The van der Waals surface area contributed by atoms with Crippen molar-refractivity contribution in [3.8, 4) is 0 Å². The van der Waals surface area contributed by atoms with Crippen LogP contribution in [-0.2, 0) is 11.2 Å². The number of ether oxygens (including phenoxy) is 1. The fourth-order valence-electron chi connectivity index (χ4n) is 2.44. The Morgan fingerprint density at radius 3 is 2.59 bits per heavy atom. The number of nitro benzene ring substituents is 1. The Balaban J connectivity index is 2.38. The topological polar surface area (TPSA) is 98.5 Å². The van der Waals surface area contributed by atoms with Gasteiger partial charge in [-0.3, -0.25) is 20.2 Å². The highest BCUT2D eigenvalue weighted by Crippen LogP contribution is 2.34. The molecule has 1 N–H and O–H groups in total. The molecule has 0 radical (unpaired) electrons. The summed E-state index contributed by atoms with van der Waals surface area (Å²) in [6.07, 6.45) is 0.745. The number of carbonyl (C=O) groups is 2. The van der Waals surface area contributed by atoms with Gasteiger partial charge in [-0.05, 0) is 45.2 Å². The number of fused-ring (bicyclic) bond motifs is 1. The molecule has 0 saturated carbocycles. The highest BCUT2D eigenvalue weighted by molar-refractivity contribution is 6.04. The summed E-state index contributed by atoms with van der Waals surface area (Å²) < 4.78 is 5.17. The monoisotopic (exact) mass is 306 g/mol. The summed E-state index contributed by atoms with van der Waals surface area (Å²) in [6.45, 7) is 5.21. The molecule has 1 amide bonds. The van der Waals surface area contributed by atoms with E-state index in [1.807, 2.05) is 0 Å². The highest BCUT2D eigenvalue weighted by Gasteiger charge is 2.30. The van der Waals surface area contributed by atoms with E-state index in [4.69, 9.17) is 4.74 Å². The third-order valence-electron chi connectivity index (χ3n) is 3.23. The second-order valence-electron chi connectivity index (χ2n) is 6.15. The summed E-state index contributed by atoms with van der Waals surface area (Å²) in [4.78, 5) is 34.4. The van der Waals surface area contributed by atoms with Crippen LogP contribution >= 0.6 is 0 Å². The zero-order chi connectivity index (χ0) is 16.5. The maximum absolute atomic E-state index is 12.0. The van der Waals surface area contributed by atoms with Gasteiger partial charge in [0.1, 0.15) is 11.2 Å². The van der Waals surface area contributed by atoms with Crippen LogP contribution in [0.2, 0.25) is 0 Å². The molecule has 0 heterocycles. The first kappa shape index (κ1) is 15.9. The molecule has 118 valence electrons. The van der Waals surface area contributed by atoms with E-state index in [9.17, 15) is 19.7 Å². The molecule has 1 aliphatic carbocycles. The van der Waals surface area contributed by atoms with Gasteiger partial charge in [0.15, 0.2) is 5.78 Å². The largest absolute Gasteiger partial charge is 0.444 e. The Morgan fingerprint density at radius 1 is 1.32 bits per heavy atom. The van der Waals surface area contributed by atoms with Crippen LogP contribution < -0.4 is 5.32 Å². The molecule has 7 heteroatoms. The van der Waals surface area contributed by atoms with Crippen molar-refractivity contribution in [1.82, 2.24) is 0 Å². The Hall–Kier alpha value is -2.44. The number of nitro groups is 1. The first-order chi connectivity index (χ1) is 10.2. The van der Waals surface area contributed by atoms with E-state index in [-0.39, 0.29) is 23.5 Å². The van der Waals surface area contributed by atoms with Crippen LogP contribution in [0.5, 0.6) is 0 Å². The van der Waals surface area contributed by atoms with Crippen molar-refractivity contribution >= 4 is 23.3 Å². The summed E-state index contributed by atoms with van der Waals surface area (Å²) in [5.74, 6) is -0.263. The van der Waals surface area contributed by atoms with E-state index >= 15 is 0 Å². The third-order valence-corrected chi connectivity index (χ3v) is 3.23. The quantitative estimate of drug-likeness (QED) is 0.666. The molecule has 0 aliphatic heterocycles. The van der Waals surface area contributed by atoms with Crippen molar-refractivity contribution in [2.24, 2.45) is 0 Å². The smallest absolute Gasteiger partial charge is 0.412 e. The van der Waals surface area contributed by atoms with Gasteiger partial charge in [0.2, 0.25) is 0 Å². The van der Waals surface area contributed by atoms with Gasteiger partial charge in [-0.2, -0.15) is 0 Å². The normalized spacial score (nSPS) is 14.2. The van der Waals surface area contributed by atoms with Crippen LogP contribution in [0.3, 0.4) is 0 Å². The standard InChI is InChI=1S/C15H18N2O5/c1-15(2,3)22-14(19)16-10-7-8-11(17(20)21)13-9(10)5-4-6-12(13)18/h7-8H,4-6H2,1-3H3,(H,16,19). The van der Waals surface area contributed by atoms with Crippen LogP contribution in [0.25, 0.3) is 0 Å². The predicted octanol–water partition coefficient (Wildman–Crippen LogP) is 3.46. The molecular formula is C15H18N2O5. The van der Waals surface area contributed by atoms with Gasteiger partial charge < -0.3 is 4.74 Å². The SMILES string of the molecule is CC(C)(C)OC(=O)Nc1ccc([N+](=O)[O-])c2c1CCCC2=O. The van der Waals surface area contributed by atoms with Crippen LogP contribution in [0.1, 0.15) is 49.5 Å². The molecule has 0 spiro atoms. The lowest BCUT2D eigenvalue weighted by Crippen LogP contribution is -2.28. The van der Waals surface area contributed by atoms with Crippen LogP contribution in [0.4, 0.5) is 16.2 Å². The number of rotatable bonds is 2. The van der Waals surface area contributed by atoms with Gasteiger partial charge in [-0.25, -0.2) is 4.79 Å². The fourth-order valence-corrected chi connectivity index (χ4v) is 2.44. The Bertz CT molecular complexity index is 646. The van der Waals surface area contributed by atoms with Crippen molar-refractivity contribution in [3.63, 3.8) is 0 Å². The summed E-state index contributed by atoms with van der Waals surface area (Å²) >= 11 is 0. The minimum atomic E-state index is -0.652. The number of amides is 1. The van der Waals surface area contributed by atoms with Gasteiger partial charge in [0.25, 0.3) is 5.69 Å². The molecule has 0 fully saturated rings. The molecule has 0 saturated heterocycles. The van der Waals surface area contributed by atoms with Crippen molar-refractivity contribution in [3.05, 3.63) is 33.4 Å². The van der Waals surface area contributed by atoms with Crippen molar-refractivity contribution in [1.29, 1.82) is 0 Å². The van der Waals surface area contributed by atoms with E-state index in [2.05, 4.69) is 5.32 Å². The number of hydrogen-bond acceptors (Lipinski definition) is 5. The Labute approximate surface area is 127 Å². The molecular weight excluding hydrogens is 288 g/mol. The third kappa shape index (κ3) is 3.41. The van der Waals surface area contributed by atoms with Gasteiger partial charge in [0, 0.05) is 18.2 Å². The molecule has 1 aromatic carbocycles. The van der Waals surface area contributed by atoms with Crippen molar-refractivity contribution in [2.45, 2.75) is 45.6 Å². The van der Waals surface area contributed by atoms with Crippen molar-refractivity contribution < 1.29 is 19.2 Å². The van der Waals surface area contributed by atoms with Crippen molar-refractivity contribution in [2.75, 3.05) is 5.32 Å². The van der Waals surface area contributed by atoms with E-state index in [1.54, 1.807) is 20.8 Å². The van der Waals surface area contributed by atoms with E-state index in [1.165, 1.54) is 12.1 Å². The van der Waals surface area contributed by atoms with E-state index < -0.39 is 16.6 Å². The predicted molar refractivity (Wildman–Crippen MR) is 80.2 cm³/mol. The van der Waals surface area contributed by atoms with Gasteiger partial charge in [-0.1, -0.05) is 0 Å². The van der Waals surface area contributed by atoms with Gasteiger partial charge in [0.05, 0.1) is 4.92 Å². The molecule has 0 bridgehead atoms. The second kappa shape index (κ2) is 5.75. The second-order valence-corrected chi connectivity index (χ2v) is 6.15. The summed E-state index contributed by atoms with van der Waals surface area (Å²) in [6, 6.07) is 2.69. The molecule has 22 heavy (non-hydrogen) atoms. The number of benzene rings is 1. The summed E-state index contributed by atoms with van der Waals surface area (Å²) in [5, 5.41) is 13.7. The molecule has 0 aromatic heterocycles. The maximum atomic E-state index is 12.0. The lowest BCUT2D eigenvalue weighted by molar-refractivity contribution is -0.385. The molecule has 2 rings (SSSR count). The Morgan fingerprint density at radius 2 is 2.00 bits per heavy atom. The lowest BCUT2D eigenvalue weighted by Gasteiger charge is -2.22. The lowest BCUT2D eigenvalue weighted by atomic mass is 9.88. The van der Waals surface area contributed by atoms with Crippen LogP contribution in [-0.4, -0.2) is 22.4 Å². The summed E-state index contributed by atoms with van der Waals surface area (Å²) in [5.41, 5.74) is 0.138. The Kier molecular flexibility index (Phi) is 4.16. The van der Waals surface area contributed by atoms with Gasteiger partial charge >= 0.3 is 6.09 Å². The highest BCUT2D eigenvalue weighted by atomic mass is 16.6. The number of carbonyl (C=O) groups excluding carboxylic acids is 2. The maximum Gasteiger partial charge on any atom is 0.412 e. The molecule has 0 atom stereocenters. The first-order valence-electron chi connectivity index (χ1n) is 7.02. The number of Topliss-reactive ketones (excluding diaryl/α,β-unsaturated/α-hetero) is 1. The molecule has 1 aliphatic rings. The average Bonchev–Trinajstić information content (AvgIpc) is 2.37. The fraction of sp³-hybridized carbons (Fsp3) is 0.467. The molecule has 0 unspecified atom stereocenters. The van der Waals surface area contributed by atoms with E-state index in [0.717, 1.165) is 0 Å². The number of anilines is 1. The minimum absolute atomic E-state index is 0.102. The zero-order valence-corrected chi connectivity index (χ0v) is 12.8. The van der Waals surface area contributed by atoms with E-state index in [0.29, 0.717) is 24.1 Å². The molecule has 1 aromatic rings. The number of nitrogens with zero attached hydrogens (tertiary/aromatic N) is 1. The first-order valence-corrected chi connectivity index (χ1v) is 7.02. The number of nitrogens with one attached hydrogen (secondary N) is 1. The minimum Gasteiger partial charge on any atom is -0.444 e. The molecule has 7 nitrogen and oxygen atoms in total. The average molecular weight is 306 g/mol. The zero-order valence-electron chi connectivity index (χ0n) is 12.8. The van der Waals surface area contributed by atoms with Gasteiger partial charge in [-0.15, -0.1) is 0 Å². The van der Waals surface area contributed by atoms with Crippen LogP contribution in [0, 0.1) is 10.1 Å².